The van der Waals surface area contributed by atoms with Crippen LogP contribution in [0.3, 0.4) is 0 Å². The Balaban J connectivity index is 1.88. The average Bonchev–Trinajstić information content (AvgIpc) is 3.10. The largest absolute Gasteiger partial charge is 0.435 e. The molecule has 0 aliphatic rings. The van der Waals surface area contributed by atoms with Gasteiger partial charge >= 0.3 is 6.61 Å². The van der Waals surface area contributed by atoms with Gasteiger partial charge in [0.1, 0.15) is 5.75 Å². The standard InChI is InChI=1S/C18H23F2N3OS/c1-18(2,15-8-5-9-25-15)12-23-17(21-3)22-11-13-6-4-7-14(10-13)24-16(19)20/h4-10,16H,11-12H2,1-3H3,(H2,21,22,23). The molecule has 2 N–H and O–H groups in total. The molecule has 2 rings (SSSR count). The average molecular weight is 367 g/mol. The van der Waals surface area contributed by atoms with E-state index in [-0.39, 0.29) is 11.2 Å². The first-order chi connectivity index (χ1) is 11.9. The van der Waals surface area contributed by atoms with Crippen LogP contribution in [0.2, 0.25) is 0 Å². The summed E-state index contributed by atoms with van der Waals surface area (Å²) in [6.45, 7) is 2.70. The Morgan fingerprint density at radius 3 is 2.68 bits per heavy atom. The monoisotopic (exact) mass is 367 g/mol. The van der Waals surface area contributed by atoms with Gasteiger partial charge in [-0.15, -0.1) is 11.3 Å². The fourth-order valence-corrected chi connectivity index (χ4v) is 3.15. The summed E-state index contributed by atoms with van der Waals surface area (Å²) in [7, 11) is 1.70. The Kier molecular flexibility index (Phi) is 6.75. The zero-order valence-corrected chi connectivity index (χ0v) is 15.4. The minimum atomic E-state index is -2.82. The maximum Gasteiger partial charge on any atom is 0.387 e. The maximum atomic E-state index is 12.3. The summed E-state index contributed by atoms with van der Waals surface area (Å²) < 4.78 is 29.0. The molecular formula is C18H23F2N3OS. The van der Waals surface area contributed by atoms with E-state index in [1.165, 1.54) is 10.9 Å². The molecular weight excluding hydrogens is 344 g/mol. The van der Waals surface area contributed by atoms with Crippen LogP contribution in [0.4, 0.5) is 8.78 Å². The van der Waals surface area contributed by atoms with Crippen molar-refractivity contribution in [3.63, 3.8) is 0 Å². The third-order valence-electron chi connectivity index (χ3n) is 3.69. The van der Waals surface area contributed by atoms with E-state index in [0.717, 1.165) is 12.1 Å². The number of nitrogens with one attached hydrogen (secondary N) is 2. The first-order valence-corrected chi connectivity index (χ1v) is 8.81. The fraction of sp³-hybridized carbons (Fsp3) is 0.389. The molecule has 0 fully saturated rings. The normalized spacial score (nSPS) is 12.3. The number of rotatable bonds is 7. The van der Waals surface area contributed by atoms with Crippen LogP contribution < -0.4 is 15.4 Å². The second kappa shape index (κ2) is 8.80. The van der Waals surface area contributed by atoms with Crippen LogP contribution in [-0.4, -0.2) is 26.2 Å². The zero-order valence-electron chi connectivity index (χ0n) is 14.6. The van der Waals surface area contributed by atoms with Gasteiger partial charge in [-0.2, -0.15) is 8.78 Å². The Hall–Kier alpha value is -2.15. The molecule has 0 saturated carbocycles. The first kappa shape index (κ1) is 19.2. The molecule has 1 heterocycles. The number of benzene rings is 1. The van der Waals surface area contributed by atoms with Crippen molar-refractivity contribution in [2.75, 3.05) is 13.6 Å². The van der Waals surface area contributed by atoms with E-state index < -0.39 is 6.61 Å². The number of aliphatic imine (C=N–C) groups is 1. The van der Waals surface area contributed by atoms with Crippen LogP contribution in [0.15, 0.2) is 46.8 Å². The highest BCUT2D eigenvalue weighted by atomic mass is 32.1. The molecule has 0 unspecified atom stereocenters. The minimum absolute atomic E-state index is 0.0171. The number of thiophene rings is 1. The zero-order chi connectivity index (χ0) is 18.3. The van der Waals surface area contributed by atoms with Crippen molar-refractivity contribution in [1.82, 2.24) is 10.6 Å². The van der Waals surface area contributed by atoms with Crippen LogP contribution in [0.25, 0.3) is 0 Å². The van der Waals surface area contributed by atoms with E-state index in [4.69, 9.17) is 0 Å². The molecule has 0 radical (unpaired) electrons. The molecule has 7 heteroatoms. The second-order valence-electron chi connectivity index (χ2n) is 6.17. The van der Waals surface area contributed by atoms with Crippen molar-refractivity contribution in [3.05, 3.63) is 52.2 Å². The number of guanidine groups is 1. The van der Waals surface area contributed by atoms with E-state index in [1.54, 1.807) is 30.5 Å². The molecule has 0 spiro atoms. The number of hydrogen-bond donors (Lipinski definition) is 2. The van der Waals surface area contributed by atoms with Gasteiger partial charge < -0.3 is 15.4 Å². The van der Waals surface area contributed by atoms with Crippen LogP contribution in [0.5, 0.6) is 5.75 Å². The Morgan fingerprint density at radius 2 is 2.04 bits per heavy atom. The Bertz CT molecular complexity index is 687. The lowest BCUT2D eigenvalue weighted by molar-refractivity contribution is -0.0498. The van der Waals surface area contributed by atoms with Crippen molar-refractivity contribution in [3.8, 4) is 5.75 Å². The summed E-state index contributed by atoms with van der Waals surface area (Å²) in [6.07, 6.45) is 0. The second-order valence-corrected chi connectivity index (χ2v) is 7.11. The number of ether oxygens (including phenoxy) is 1. The molecule has 4 nitrogen and oxygen atoms in total. The van der Waals surface area contributed by atoms with Gasteiger partial charge in [-0.3, -0.25) is 4.99 Å². The van der Waals surface area contributed by atoms with Crippen LogP contribution in [-0.2, 0) is 12.0 Å². The van der Waals surface area contributed by atoms with Gasteiger partial charge in [0.15, 0.2) is 5.96 Å². The number of halogens is 2. The quantitative estimate of drug-likeness (QED) is 0.574. The summed E-state index contributed by atoms with van der Waals surface area (Å²) in [6, 6.07) is 10.8. The van der Waals surface area contributed by atoms with Gasteiger partial charge in [0.05, 0.1) is 0 Å². The predicted octanol–water partition coefficient (Wildman–Crippen LogP) is 3.99. The smallest absolute Gasteiger partial charge is 0.387 e. The predicted molar refractivity (Wildman–Crippen MR) is 98.6 cm³/mol. The molecule has 0 aliphatic heterocycles. The topological polar surface area (TPSA) is 45.7 Å². The lowest BCUT2D eigenvalue weighted by atomic mass is 9.91. The molecule has 0 aliphatic carbocycles. The number of hydrogen-bond acceptors (Lipinski definition) is 3. The highest BCUT2D eigenvalue weighted by molar-refractivity contribution is 7.10. The van der Waals surface area contributed by atoms with E-state index >= 15 is 0 Å². The Labute approximate surface area is 150 Å². The van der Waals surface area contributed by atoms with Crippen LogP contribution in [0.1, 0.15) is 24.3 Å². The number of nitrogens with zero attached hydrogens (tertiary/aromatic N) is 1. The SMILES string of the molecule is CN=C(NCc1cccc(OC(F)F)c1)NCC(C)(C)c1cccs1. The minimum Gasteiger partial charge on any atom is -0.435 e. The third-order valence-corrected chi connectivity index (χ3v) is 4.93. The summed E-state index contributed by atoms with van der Waals surface area (Å²) in [5, 5.41) is 8.56. The van der Waals surface area contributed by atoms with Crippen molar-refractivity contribution >= 4 is 17.3 Å². The molecule has 0 atom stereocenters. The third kappa shape index (κ3) is 6.01. The van der Waals surface area contributed by atoms with Gasteiger partial charge in [-0.05, 0) is 29.1 Å². The van der Waals surface area contributed by atoms with E-state index in [9.17, 15) is 8.78 Å². The molecule has 25 heavy (non-hydrogen) atoms. The van der Waals surface area contributed by atoms with E-state index in [1.807, 2.05) is 12.1 Å². The van der Waals surface area contributed by atoms with E-state index in [2.05, 4.69) is 45.7 Å². The molecule has 0 amide bonds. The summed E-state index contributed by atoms with van der Waals surface area (Å²) in [5.41, 5.74) is 0.815. The molecule has 2 aromatic rings. The fourth-order valence-electron chi connectivity index (χ4n) is 2.29. The molecule has 1 aromatic carbocycles. The lowest BCUT2D eigenvalue weighted by Gasteiger charge is -2.25. The lowest BCUT2D eigenvalue weighted by Crippen LogP contribution is -2.42. The van der Waals surface area contributed by atoms with Crippen LogP contribution >= 0.6 is 11.3 Å². The van der Waals surface area contributed by atoms with Gasteiger partial charge in [-0.25, -0.2) is 0 Å². The highest BCUT2D eigenvalue weighted by Gasteiger charge is 2.21. The summed E-state index contributed by atoms with van der Waals surface area (Å²) in [4.78, 5) is 5.50. The highest BCUT2D eigenvalue weighted by Crippen LogP contribution is 2.26. The van der Waals surface area contributed by atoms with Gasteiger partial charge in [0, 0.05) is 30.4 Å². The van der Waals surface area contributed by atoms with Gasteiger partial charge in [0.2, 0.25) is 0 Å². The Morgan fingerprint density at radius 1 is 1.24 bits per heavy atom. The molecule has 0 bridgehead atoms. The molecule has 1 aromatic heterocycles. The summed E-state index contributed by atoms with van der Waals surface area (Å²) >= 11 is 1.73. The first-order valence-electron chi connectivity index (χ1n) is 7.93. The van der Waals surface area contributed by atoms with E-state index in [0.29, 0.717) is 12.5 Å². The van der Waals surface area contributed by atoms with Crippen molar-refractivity contribution in [2.45, 2.75) is 32.4 Å². The summed E-state index contributed by atoms with van der Waals surface area (Å²) in [5.74, 6) is 0.806. The van der Waals surface area contributed by atoms with Crippen molar-refractivity contribution in [1.29, 1.82) is 0 Å². The van der Waals surface area contributed by atoms with Crippen molar-refractivity contribution in [2.24, 2.45) is 4.99 Å². The molecule has 0 saturated heterocycles. The number of alkyl halides is 2. The maximum absolute atomic E-state index is 12.3. The van der Waals surface area contributed by atoms with Gasteiger partial charge in [0.25, 0.3) is 0 Å². The molecule has 136 valence electrons. The van der Waals surface area contributed by atoms with Gasteiger partial charge in [-0.1, -0.05) is 32.0 Å². The van der Waals surface area contributed by atoms with Crippen LogP contribution in [0, 0.1) is 0 Å². The van der Waals surface area contributed by atoms with Crippen molar-refractivity contribution < 1.29 is 13.5 Å².